The number of ether oxygens (including phenoxy) is 1. The number of hydrogen-bond donors (Lipinski definition) is 2. The smallest absolute Gasteiger partial charge is 0.255 e. The number of aromatic nitrogens is 1. The van der Waals surface area contributed by atoms with Gasteiger partial charge in [0.15, 0.2) is 0 Å². The van der Waals surface area contributed by atoms with Crippen molar-refractivity contribution in [1.29, 1.82) is 0 Å². The molecule has 3 heterocycles. The SMILES string of the molecule is O=C(NC1CCCNC1)c1cccnc1N1CCOCC1. The van der Waals surface area contributed by atoms with E-state index < -0.39 is 0 Å². The van der Waals surface area contributed by atoms with E-state index in [1.165, 1.54) is 0 Å². The highest BCUT2D eigenvalue weighted by atomic mass is 16.5. The predicted octanol–water partition coefficient (Wildman–Crippen LogP) is 0.400. The van der Waals surface area contributed by atoms with Crippen molar-refractivity contribution in [1.82, 2.24) is 15.6 Å². The molecule has 21 heavy (non-hydrogen) atoms. The van der Waals surface area contributed by atoms with E-state index in [2.05, 4.69) is 20.5 Å². The molecule has 1 unspecified atom stereocenters. The molecule has 2 aliphatic heterocycles. The van der Waals surface area contributed by atoms with Crippen molar-refractivity contribution in [3.05, 3.63) is 23.9 Å². The van der Waals surface area contributed by atoms with Gasteiger partial charge in [0.25, 0.3) is 5.91 Å². The average Bonchev–Trinajstić information content (AvgIpc) is 2.56. The molecule has 2 saturated heterocycles. The van der Waals surface area contributed by atoms with Crippen LogP contribution < -0.4 is 15.5 Å². The number of nitrogens with zero attached hydrogens (tertiary/aromatic N) is 2. The first-order valence-corrected chi connectivity index (χ1v) is 7.64. The average molecular weight is 290 g/mol. The number of hydrogen-bond acceptors (Lipinski definition) is 5. The lowest BCUT2D eigenvalue weighted by atomic mass is 10.1. The van der Waals surface area contributed by atoms with Crippen molar-refractivity contribution in [2.45, 2.75) is 18.9 Å². The summed E-state index contributed by atoms with van der Waals surface area (Å²) in [4.78, 5) is 19.1. The maximum atomic E-state index is 12.5. The van der Waals surface area contributed by atoms with E-state index in [0.717, 1.165) is 44.8 Å². The molecular weight excluding hydrogens is 268 g/mol. The highest BCUT2D eigenvalue weighted by Gasteiger charge is 2.22. The normalized spacial score (nSPS) is 22.9. The van der Waals surface area contributed by atoms with Gasteiger partial charge in [-0.2, -0.15) is 0 Å². The largest absolute Gasteiger partial charge is 0.378 e. The summed E-state index contributed by atoms with van der Waals surface area (Å²) in [5, 5.41) is 6.43. The number of carbonyl (C=O) groups is 1. The molecular formula is C15H22N4O2. The van der Waals surface area contributed by atoms with Gasteiger partial charge in [-0.15, -0.1) is 0 Å². The van der Waals surface area contributed by atoms with Gasteiger partial charge in [0, 0.05) is 31.9 Å². The number of nitrogens with one attached hydrogen (secondary N) is 2. The number of rotatable bonds is 3. The molecule has 0 spiro atoms. The van der Waals surface area contributed by atoms with Gasteiger partial charge in [0.1, 0.15) is 5.82 Å². The molecule has 1 aromatic heterocycles. The first-order valence-electron chi connectivity index (χ1n) is 7.64. The molecule has 1 atom stereocenters. The molecule has 2 N–H and O–H groups in total. The molecule has 0 aromatic carbocycles. The zero-order valence-electron chi connectivity index (χ0n) is 12.2. The van der Waals surface area contributed by atoms with E-state index in [1.54, 1.807) is 6.20 Å². The third-order valence-electron chi connectivity index (χ3n) is 3.97. The summed E-state index contributed by atoms with van der Waals surface area (Å²) in [6.45, 7) is 4.82. The second-order valence-electron chi connectivity index (χ2n) is 5.49. The van der Waals surface area contributed by atoms with Crippen LogP contribution in [0, 0.1) is 0 Å². The maximum Gasteiger partial charge on any atom is 0.255 e. The number of carbonyl (C=O) groups excluding carboxylic acids is 1. The first kappa shape index (κ1) is 14.3. The summed E-state index contributed by atoms with van der Waals surface area (Å²) in [5.74, 6) is 0.736. The number of piperidine rings is 1. The van der Waals surface area contributed by atoms with E-state index >= 15 is 0 Å². The Labute approximate surface area is 124 Å². The molecule has 6 nitrogen and oxygen atoms in total. The van der Waals surface area contributed by atoms with Crippen LogP contribution in [-0.4, -0.2) is 56.3 Å². The quantitative estimate of drug-likeness (QED) is 0.843. The van der Waals surface area contributed by atoms with Crippen molar-refractivity contribution in [3.63, 3.8) is 0 Å². The molecule has 114 valence electrons. The molecule has 0 bridgehead atoms. The van der Waals surface area contributed by atoms with Crippen molar-refractivity contribution < 1.29 is 9.53 Å². The van der Waals surface area contributed by atoms with Gasteiger partial charge >= 0.3 is 0 Å². The van der Waals surface area contributed by atoms with E-state index in [9.17, 15) is 4.79 Å². The van der Waals surface area contributed by atoms with Gasteiger partial charge in [-0.3, -0.25) is 4.79 Å². The predicted molar refractivity (Wildman–Crippen MR) is 80.6 cm³/mol. The Kier molecular flexibility index (Phi) is 4.67. The number of pyridine rings is 1. The van der Waals surface area contributed by atoms with Crippen LogP contribution >= 0.6 is 0 Å². The van der Waals surface area contributed by atoms with E-state index in [0.29, 0.717) is 18.8 Å². The number of morpholine rings is 1. The van der Waals surface area contributed by atoms with Crippen LogP contribution in [0.25, 0.3) is 0 Å². The van der Waals surface area contributed by atoms with Crippen LogP contribution in [-0.2, 0) is 4.74 Å². The lowest BCUT2D eigenvalue weighted by Gasteiger charge is -2.30. The molecule has 3 rings (SSSR count). The molecule has 0 aliphatic carbocycles. The summed E-state index contributed by atoms with van der Waals surface area (Å²) in [7, 11) is 0. The lowest BCUT2D eigenvalue weighted by Crippen LogP contribution is -2.46. The fraction of sp³-hybridized carbons (Fsp3) is 0.600. The molecule has 2 aliphatic rings. The van der Waals surface area contributed by atoms with E-state index in [4.69, 9.17) is 4.74 Å². The zero-order chi connectivity index (χ0) is 14.5. The standard InChI is InChI=1S/C15H22N4O2/c20-15(18-12-3-1-5-16-11-12)13-4-2-6-17-14(13)19-7-9-21-10-8-19/h2,4,6,12,16H,1,3,5,7-11H2,(H,18,20). The van der Waals surface area contributed by atoms with Crippen molar-refractivity contribution in [3.8, 4) is 0 Å². The Morgan fingerprint density at radius 1 is 1.43 bits per heavy atom. The summed E-state index contributed by atoms with van der Waals surface area (Å²) in [6, 6.07) is 3.88. The van der Waals surface area contributed by atoms with Gasteiger partial charge in [0.05, 0.1) is 18.8 Å². The van der Waals surface area contributed by atoms with Gasteiger partial charge in [0.2, 0.25) is 0 Å². The lowest BCUT2D eigenvalue weighted by molar-refractivity contribution is 0.0929. The monoisotopic (exact) mass is 290 g/mol. The third-order valence-corrected chi connectivity index (χ3v) is 3.97. The third kappa shape index (κ3) is 3.51. The maximum absolute atomic E-state index is 12.5. The van der Waals surface area contributed by atoms with Crippen LogP contribution in [0.3, 0.4) is 0 Å². The van der Waals surface area contributed by atoms with Gasteiger partial charge < -0.3 is 20.3 Å². The van der Waals surface area contributed by atoms with Crippen molar-refractivity contribution in [2.75, 3.05) is 44.3 Å². The molecule has 2 fully saturated rings. The Bertz CT molecular complexity index is 482. The van der Waals surface area contributed by atoms with E-state index in [1.807, 2.05) is 12.1 Å². The first-order chi connectivity index (χ1) is 10.3. The van der Waals surface area contributed by atoms with Crippen LogP contribution in [0.1, 0.15) is 23.2 Å². The molecule has 0 saturated carbocycles. The molecule has 6 heteroatoms. The molecule has 1 aromatic rings. The molecule has 1 amide bonds. The second kappa shape index (κ2) is 6.87. The minimum Gasteiger partial charge on any atom is -0.378 e. The Morgan fingerprint density at radius 3 is 3.05 bits per heavy atom. The Balaban J connectivity index is 1.72. The summed E-state index contributed by atoms with van der Waals surface area (Å²) in [5.41, 5.74) is 0.657. The van der Waals surface area contributed by atoms with Crippen molar-refractivity contribution >= 4 is 11.7 Å². The highest BCUT2D eigenvalue weighted by molar-refractivity contribution is 5.99. The van der Waals surface area contributed by atoms with Crippen LogP contribution in [0.15, 0.2) is 18.3 Å². The number of amides is 1. The Hall–Kier alpha value is -1.66. The Morgan fingerprint density at radius 2 is 2.29 bits per heavy atom. The zero-order valence-corrected chi connectivity index (χ0v) is 12.2. The van der Waals surface area contributed by atoms with Gasteiger partial charge in [-0.05, 0) is 31.5 Å². The summed E-state index contributed by atoms with van der Waals surface area (Å²) < 4.78 is 5.36. The van der Waals surface area contributed by atoms with Gasteiger partial charge in [-0.1, -0.05) is 0 Å². The fourth-order valence-electron chi connectivity index (χ4n) is 2.84. The minimum atomic E-state index is -0.0294. The van der Waals surface area contributed by atoms with Crippen LogP contribution in [0.2, 0.25) is 0 Å². The van der Waals surface area contributed by atoms with Crippen LogP contribution in [0.5, 0.6) is 0 Å². The fourth-order valence-corrected chi connectivity index (χ4v) is 2.84. The van der Waals surface area contributed by atoms with Gasteiger partial charge in [-0.25, -0.2) is 4.98 Å². The topological polar surface area (TPSA) is 66.5 Å². The van der Waals surface area contributed by atoms with Crippen molar-refractivity contribution in [2.24, 2.45) is 0 Å². The summed E-state index contributed by atoms with van der Waals surface area (Å²) >= 11 is 0. The van der Waals surface area contributed by atoms with E-state index in [-0.39, 0.29) is 11.9 Å². The highest BCUT2D eigenvalue weighted by Crippen LogP contribution is 2.18. The minimum absolute atomic E-state index is 0.0294. The number of anilines is 1. The van der Waals surface area contributed by atoms with Crippen LogP contribution in [0.4, 0.5) is 5.82 Å². The second-order valence-corrected chi connectivity index (χ2v) is 5.49. The summed E-state index contributed by atoms with van der Waals surface area (Å²) in [6.07, 6.45) is 3.88. The molecule has 0 radical (unpaired) electrons.